The summed E-state index contributed by atoms with van der Waals surface area (Å²) in [6.07, 6.45) is -4.69. The maximum atomic E-state index is 14.9. The number of nitrogens with zero attached hydrogens (tertiary/aromatic N) is 1. The summed E-state index contributed by atoms with van der Waals surface area (Å²) < 4.78 is 65.1. The van der Waals surface area contributed by atoms with Gasteiger partial charge in [-0.25, -0.2) is 0 Å². The molecule has 33 nitrogen and oxygen atoms in total. The Hall–Kier alpha value is -8.10. The fourth-order valence-corrected chi connectivity index (χ4v) is 12.0. The molecule has 0 aliphatic carbocycles. The molecule has 1 saturated heterocycles. The Labute approximate surface area is 595 Å². The molecule has 1 aliphatic rings. The number of aliphatic hydroxyl groups excluding tert-OH is 2. The van der Waals surface area contributed by atoms with Gasteiger partial charge < -0.3 is 79.3 Å². The number of aromatic nitrogens is 1. The van der Waals surface area contributed by atoms with E-state index >= 15 is 0 Å². The van der Waals surface area contributed by atoms with Crippen LogP contribution in [-0.4, -0.2) is 232 Å². The summed E-state index contributed by atoms with van der Waals surface area (Å²) >= 11 is 0. The van der Waals surface area contributed by atoms with Crippen LogP contribution in [0.3, 0.4) is 0 Å². The summed E-state index contributed by atoms with van der Waals surface area (Å²) in [4.78, 5) is 164. The van der Waals surface area contributed by atoms with E-state index in [0.29, 0.717) is 29.8 Å². The summed E-state index contributed by atoms with van der Waals surface area (Å²) in [5.74, 6) is -15.9. The fraction of sp³-hybridized carbons (Fsp3) is 0.582. The zero-order chi connectivity index (χ0) is 75.7. The highest BCUT2D eigenvalue weighted by atomic mass is 32.2. The zero-order valence-corrected chi connectivity index (χ0v) is 60.3. The van der Waals surface area contributed by atoms with Gasteiger partial charge >= 0.3 is 0 Å². The molecule has 0 unspecified atom stereocenters. The van der Waals surface area contributed by atoms with E-state index in [9.17, 15) is 88.9 Å². The number of rotatable bonds is 36. The number of pyridine rings is 1. The number of hydrogen-bond donors (Lipinski definition) is 17. The van der Waals surface area contributed by atoms with Crippen molar-refractivity contribution < 1.29 is 88.9 Å². The molecule has 1 fully saturated rings. The van der Waals surface area contributed by atoms with Gasteiger partial charge in [-0.3, -0.25) is 66.8 Å². The molecule has 1 aromatic heterocycles. The molecule has 0 radical (unpaired) electrons. The van der Waals surface area contributed by atoms with E-state index in [1.807, 2.05) is 0 Å². The van der Waals surface area contributed by atoms with Crippen molar-refractivity contribution in [1.82, 2.24) is 74.1 Å². The number of amides is 8. The molecule has 8 amide bonds. The summed E-state index contributed by atoms with van der Waals surface area (Å²) in [7, 11) is -6.08. The van der Waals surface area contributed by atoms with Crippen molar-refractivity contribution in [2.24, 2.45) is 23.7 Å². The van der Waals surface area contributed by atoms with Gasteiger partial charge in [0, 0.05) is 61.5 Å². The van der Waals surface area contributed by atoms with Crippen LogP contribution in [0.5, 0.6) is 0 Å². The molecule has 13 atom stereocenters. The first kappa shape index (κ1) is 86.3. The second-order valence-corrected chi connectivity index (χ2v) is 28.2. The summed E-state index contributed by atoms with van der Waals surface area (Å²) in [6, 6.07) is 9.34. The lowest BCUT2D eigenvalue weighted by Crippen LogP contribution is -2.60. The van der Waals surface area contributed by atoms with E-state index in [4.69, 9.17) is 0 Å². The molecular weight excluding hydrogens is 1370 g/mol. The quantitative estimate of drug-likeness (QED) is 0.0163. The smallest absolute Gasteiger partial charge is 0.278 e. The van der Waals surface area contributed by atoms with Crippen molar-refractivity contribution in [2.45, 2.75) is 153 Å². The highest BCUT2D eigenvalue weighted by molar-refractivity contribution is 7.85. The van der Waals surface area contributed by atoms with E-state index in [1.165, 1.54) is 32.3 Å². The third-order valence-corrected chi connectivity index (χ3v) is 18.3. The number of hydrogen-bond acceptors (Lipinski definition) is 23. The van der Waals surface area contributed by atoms with E-state index < -0.39 is 213 Å². The Morgan fingerprint density at radius 1 is 0.627 bits per heavy atom. The summed E-state index contributed by atoms with van der Waals surface area (Å²) in [5.41, 5.74) is 1.89. The molecule has 0 spiro atoms. The molecule has 17 N–H and O–H groups in total. The maximum Gasteiger partial charge on any atom is 0.278 e. The molecule has 35 heteroatoms. The molecule has 2 aromatic carbocycles. The molecule has 566 valence electrons. The van der Waals surface area contributed by atoms with E-state index in [0.717, 1.165) is 6.92 Å². The zero-order valence-electron chi connectivity index (χ0n) is 58.6. The van der Waals surface area contributed by atoms with Crippen molar-refractivity contribution in [3.63, 3.8) is 0 Å². The van der Waals surface area contributed by atoms with Crippen LogP contribution in [0.1, 0.15) is 108 Å². The Balaban J connectivity index is 1.78. The maximum absolute atomic E-state index is 14.9. The Kier molecular flexibility index (Phi) is 37.0. The Morgan fingerprint density at radius 2 is 1.19 bits per heavy atom. The van der Waals surface area contributed by atoms with Crippen molar-refractivity contribution >= 4 is 84.8 Å². The first-order chi connectivity index (χ1) is 48.3. The third kappa shape index (κ3) is 30.5. The van der Waals surface area contributed by atoms with Gasteiger partial charge in [0.25, 0.3) is 20.2 Å². The molecule has 0 saturated carbocycles. The second kappa shape index (κ2) is 43.8. The molecule has 0 bridgehead atoms. The first-order valence-electron chi connectivity index (χ1n) is 34.0. The Morgan fingerprint density at radius 3 is 1.75 bits per heavy atom. The van der Waals surface area contributed by atoms with Crippen LogP contribution in [0.4, 0.5) is 0 Å². The molecule has 1 aliphatic heterocycles. The number of carbonyl (C=O) groups excluding carboxylic acids is 11. The van der Waals surface area contributed by atoms with Gasteiger partial charge in [-0.15, -0.1) is 0 Å². The lowest BCUT2D eigenvalue weighted by atomic mass is 9.84. The number of Topliss-reactive ketones (excluding diaryl/α,β-unsaturated/α-hetero) is 3. The van der Waals surface area contributed by atoms with Crippen LogP contribution in [0.2, 0.25) is 0 Å². The van der Waals surface area contributed by atoms with E-state index in [2.05, 4.69) is 74.1 Å². The number of ketones is 3. The summed E-state index contributed by atoms with van der Waals surface area (Å²) in [6.45, 7) is 6.95. The van der Waals surface area contributed by atoms with Gasteiger partial charge in [0.05, 0.1) is 29.9 Å². The van der Waals surface area contributed by atoms with E-state index in [1.54, 1.807) is 88.5 Å². The second-order valence-electron chi connectivity index (χ2n) is 25.3. The van der Waals surface area contributed by atoms with Gasteiger partial charge in [0.15, 0.2) is 17.3 Å². The van der Waals surface area contributed by atoms with Crippen LogP contribution < -0.4 is 69.1 Å². The minimum absolute atomic E-state index is 0.0589. The van der Waals surface area contributed by atoms with Crippen molar-refractivity contribution in [1.29, 1.82) is 0 Å². The minimum Gasteiger partial charge on any atom is -0.391 e. The van der Waals surface area contributed by atoms with Crippen molar-refractivity contribution in [3.05, 3.63) is 90.1 Å². The van der Waals surface area contributed by atoms with Gasteiger partial charge in [-0.1, -0.05) is 87.9 Å². The van der Waals surface area contributed by atoms with Gasteiger partial charge in [-0.05, 0) is 123 Å². The summed E-state index contributed by atoms with van der Waals surface area (Å²) in [5, 5.41) is 56.6. The van der Waals surface area contributed by atoms with Gasteiger partial charge in [-0.2, -0.15) is 16.8 Å². The van der Waals surface area contributed by atoms with Crippen LogP contribution in [0, 0.1) is 23.7 Å². The molecule has 3 aromatic rings. The monoisotopic (exact) mass is 1470 g/mol. The lowest BCUT2D eigenvalue weighted by Gasteiger charge is -2.29. The average Bonchev–Trinajstić information content (AvgIpc) is 1.51. The Bertz CT molecular complexity index is 3500. The average molecular weight is 1470 g/mol. The molecule has 4 rings (SSSR count). The highest BCUT2D eigenvalue weighted by Gasteiger charge is 2.39. The fourth-order valence-electron chi connectivity index (χ4n) is 11.2. The predicted molar refractivity (Wildman–Crippen MR) is 376 cm³/mol. The standard InChI is InChI=1S/C67H102N14O19S2/c1-8-40(3)48-36-56(85)54(32-43-16-12-10-13-17-43)79-65(92)49(22-26-68-6)77-64(91)52(25-31-74-67(94)59(42(5)83)81-66(93)51(24-29-72-39-102(98,99)100)78-63(90)50(76-62(48)89)23-28-70-9-2)75-61(88)47(37-69-7)35-57(86)58(41(4)82)80-60(87)46(20-27-71-38-101(95,96)97)34-55(84)45-21-30-73-53(33-45)44-18-14-11-15-19-44/h10-19,21,30,33,40-42,46-52,54,58-59,68-72,82-83H,8-9,20,22-29,31-32,34-39H2,1-7H3,(H,74,94)(H,75,88)(H,76,89)(H,77,91)(H,78,90)(H,79,92)(H,80,87)(H,81,93)(H,95,96,97)(H,98,99,100)/t40-,41+,42+,46+,47+,48-,49-,50-,51-,52-,54+,58-,59-/m0/s1. The van der Waals surface area contributed by atoms with Crippen molar-refractivity contribution in [2.75, 3.05) is 71.7 Å². The van der Waals surface area contributed by atoms with Crippen LogP contribution >= 0.6 is 0 Å². The van der Waals surface area contributed by atoms with Gasteiger partial charge in [0.2, 0.25) is 47.3 Å². The molecular formula is C67H102N14O19S2. The molecule has 2 heterocycles. The van der Waals surface area contributed by atoms with Crippen LogP contribution in [0.25, 0.3) is 11.3 Å². The highest BCUT2D eigenvalue weighted by Crippen LogP contribution is 2.24. The van der Waals surface area contributed by atoms with Crippen LogP contribution in [-0.2, 0) is 74.6 Å². The predicted octanol–water partition coefficient (Wildman–Crippen LogP) is -2.47. The van der Waals surface area contributed by atoms with Crippen molar-refractivity contribution in [3.8, 4) is 11.3 Å². The lowest BCUT2D eigenvalue weighted by molar-refractivity contribution is -0.137. The van der Waals surface area contributed by atoms with E-state index in [-0.39, 0.29) is 64.0 Å². The largest absolute Gasteiger partial charge is 0.391 e. The number of nitrogens with one attached hydrogen (secondary N) is 13. The number of aliphatic hydroxyl groups is 2. The SMILES string of the molecule is CCNCC[C@@H]1NC(=O)[C@H]([C@@H](C)CC)CC(=O)[C@@H](Cc2ccccc2)NC(=O)[C@H](CCNC)NC(=O)[C@@H](NC(=O)[C@@H](CNC)CC(=O)[C@@H](NC(=O)[C@H](CCNCS(=O)(=O)O)CC(=O)c2ccnc(-c3ccccc3)c2)[C@@H](C)O)CCNC(=O)[C@H]([C@@H](C)O)NC(=O)[C@H](CCNCS(=O)(=O)O)NC1=O. The minimum atomic E-state index is -4.58. The topological polar surface area (TPSA) is 506 Å². The molecule has 102 heavy (non-hydrogen) atoms. The normalized spacial score (nSPS) is 21.4. The van der Waals surface area contributed by atoms with Crippen LogP contribution in [0.15, 0.2) is 79.0 Å². The number of carbonyl (C=O) groups is 11. The number of benzene rings is 2. The van der Waals surface area contributed by atoms with Gasteiger partial charge in [0.1, 0.15) is 48.0 Å². The first-order valence-corrected chi connectivity index (χ1v) is 37.2. The third-order valence-electron chi connectivity index (χ3n) is 17.1.